The zero-order valence-electron chi connectivity index (χ0n) is 6.03. The van der Waals surface area contributed by atoms with Crippen LogP contribution < -0.4 is 5.14 Å². The molecule has 1 heterocycles. The van der Waals surface area contributed by atoms with Crippen LogP contribution in [0.15, 0.2) is 0 Å². The summed E-state index contributed by atoms with van der Waals surface area (Å²) in [5.41, 5.74) is 0. The Kier molecular flexibility index (Phi) is 2.18. The lowest BCUT2D eigenvalue weighted by molar-refractivity contribution is 0.210. The van der Waals surface area contributed by atoms with E-state index in [-0.39, 0.29) is 0 Å². The molecule has 11 heavy (non-hydrogen) atoms. The van der Waals surface area contributed by atoms with Gasteiger partial charge in [0.05, 0.1) is 6.54 Å². The van der Waals surface area contributed by atoms with Crippen LogP contribution in [-0.2, 0) is 10.0 Å². The van der Waals surface area contributed by atoms with Gasteiger partial charge in [0, 0.05) is 13.1 Å². The van der Waals surface area contributed by atoms with E-state index in [4.69, 9.17) is 11.6 Å². The van der Waals surface area contributed by atoms with Crippen molar-refractivity contribution in [3.8, 4) is 12.3 Å². The minimum atomic E-state index is -3.33. The van der Waals surface area contributed by atoms with Crippen molar-refractivity contribution in [2.75, 3.05) is 19.6 Å². The Bertz CT molecular complexity index is 271. The molecule has 2 N–H and O–H groups in total. The van der Waals surface area contributed by atoms with Gasteiger partial charge >= 0.3 is 0 Å². The molecular formula is C6H10N2O2S. The Balaban J connectivity index is 2.37. The van der Waals surface area contributed by atoms with Gasteiger partial charge in [-0.2, -0.15) is 0 Å². The molecule has 0 radical (unpaired) electrons. The fraction of sp³-hybridized carbons (Fsp3) is 0.667. The monoisotopic (exact) mass is 174 g/mol. The van der Waals surface area contributed by atoms with Crippen molar-refractivity contribution in [3.63, 3.8) is 0 Å². The Labute approximate surface area is 66.4 Å². The van der Waals surface area contributed by atoms with Crippen LogP contribution in [0.2, 0.25) is 0 Å². The SMILES string of the molecule is C#CCN1CC(S(N)(=O)=O)C1. The number of sulfonamides is 1. The first-order valence-electron chi connectivity index (χ1n) is 3.21. The Morgan fingerprint density at radius 2 is 2.18 bits per heavy atom. The summed E-state index contributed by atoms with van der Waals surface area (Å²) in [4.78, 5) is 1.86. The molecule has 0 aromatic carbocycles. The van der Waals surface area contributed by atoms with Crippen molar-refractivity contribution in [1.29, 1.82) is 0 Å². The summed E-state index contributed by atoms with van der Waals surface area (Å²) >= 11 is 0. The van der Waals surface area contributed by atoms with E-state index in [1.165, 1.54) is 0 Å². The third-order valence-electron chi connectivity index (χ3n) is 1.70. The summed E-state index contributed by atoms with van der Waals surface area (Å²) in [6.45, 7) is 1.46. The molecule has 0 amide bonds. The fourth-order valence-electron chi connectivity index (χ4n) is 0.988. The second-order valence-corrected chi connectivity index (χ2v) is 4.45. The topological polar surface area (TPSA) is 63.4 Å². The van der Waals surface area contributed by atoms with Crippen molar-refractivity contribution in [2.45, 2.75) is 5.25 Å². The highest BCUT2D eigenvalue weighted by Crippen LogP contribution is 2.12. The summed E-state index contributed by atoms with van der Waals surface area (Å²) in [5, 5.41) is 4.49. The molecule has 0 unspecified atom stereocenters. The van der Waals surface area contributed by atoms with E-state index in [0.717, 1.165) is 0 Å². The molecule has 0 spiro atoms. The van der Waals surface area contributed by atoms with Gasteiger partial charge in [-0.25, -0.2) is 13.6 Å². The van der Waals surface area contributed by atoms with Gasteiger partial charge in [-0.1, -0.05) is 5.92 Å². The summed E-state index contributed by atoms with van der Waals surface area (Å²) < 4.78 is 21.3. The van der Waals surface area contributed by atoms with Gasteiger partial charge in [-0.3, -0.25) is 4.90 Å². The molecule has 0 atom stereocenters. The molecule has 0 aromatic rings. The smallest absolute Gasteiger partial charge is 0.214 e. The number of primary sulfonamides is 1. The second-order valence-electron chi connectivity index (χ2n) is 2.61. The van der Waals surface area contributed by atoms with E-state index in [1.807, 2.05) is 4.90 Å². The van der Waals surface area contributed by atoms with Crippen molar-refractivity contribution in [2.24, 2.45) is 5.14 Å². The highest BCUT2D eigenvalue weighted by Gasteiger charge is 2.34. The minimum absolute atomic E-state index is 0.407. The quantitative estimate of drug-likeness (QED) is 0.523. The van der Waals surface area contributed by atoms with Crippen LogP contribution in [0.5, 0.6) is 0 Å². The molecular weight excluding hydrogens is 164 g/mol. The largest absolute Gasteiger partial charge is 0.290 e. The first kappa shape index (κ1) is 8.53. The van der Waals surface area contributed by atoms with Crippen LogP contribution in [0.3, 0.4) is 0 Å². The van der Waals surface area contributed by atoms with Crippen LogP contribution in [0.1, 0.15) is 0 Å². The van der Waals surface area contributed by atoms with Gasteiger partial charge in [0.15, 0.2) is 0 Å². The normalized spacial score (nSPS) is 20.7. The molecule has 4 nitrogen and oxygen atoms in total. The molecule has 5 heteroatoms. The van der Waals surface area contributed by atoms with Gasteiger partial charge in [-0.15, -0.1) is 6.42 Å². The number of terminal acetylenes is 1. The summed E-state index contributed by atoms with van der Waals surface area (Å²) in [6.07, 6.45) is 5.02. The Hall–Kier alpha value is -0.570. The number of likely N-dealkylation sites (tertiary alicyclic amines) is 1. The van der Waals surface area contributed by atoms with Gasteiger partial charge in [0.25, 0.3) is 0 Å². The van der Waals surface area contributed by atoms with Gasteiger partial charge < -0.3 is 0 Å². The molecule has 0 bridgehead atoms. The standard InChI is InChI=1S/C6H10N2O2S/c1-2-3-8-4-6(5-8)11(7,9)10/h1,6H,3-5H2,(H2,7,9,10). The Morgan fingerprint density at radius 1 is 1.64 bits per heavy atom. The predicted octanol–water partition coefficient (Wildman–Crippen LogP) is -1.41. The fourth-order valence-corrected chi connectivity index (χ4v) is 1.83. The highest BCUT2D eigenvalue weighted by molar-refractivity contribution is 7.89. The average molecular weight is 174 g/mol. The van der Waals surface area contributed by atoms with Crippen LogP contribution in [0.25, 0.3) is 0 Å². The number of nitrogens with zero attached hydrogens (tertiary/aromatic N) is 1. The van der Waals surface area contributed by atoms with Crippen molar-refractivity contribution < 1.29 is 8.42 Å². The number of rotatable bonds is 2. The molecule has 1 fully saturated rings. The average Bonchev–Trinajstić information content (AvgIpc) is 1.74. The zero-order valence-corrected chi connectivity index (χ0v) is 6.84. The maximum absolute atomic E-state index is 10.7. The lowest BCUT2D eigenvalue weighted by atomic mass is 10.2. The maximum Gasteiger partial charge on any atom is 0.214 e. The third kappa shape index (κ3) is 1.93. The van der Waals surface area contributed by atoms with Crippen molar-refractivity contribution in [3.05, 3.63) is 0 Å². The summed E-state index contributed by atoms with van der Waals surface area (Å²) in [5.74, 6) is 2.43. The van der Waals surface area contributed by atoms with E-state index in [2.05, 4.69) is 5.92 Å². The van der Waals surface area contributed by atoms with E-state index in [1.54, 1.807) is 0 Å². The van der Waals surface area contributed by atoms with Crippen molar-refractivity contribution >= 4 is 10.0 Å². The summed E-state index contributed by atoms with van der Waals surface area (Å²) in [6, 6.07) is 0. The molecule has 0 saturated carbocycles. The lowest BCUT2D eigenvalue weighted by Crippen LogP contribution is -2.56. The Morgan fingerprint density at radius 3 is 2.55 bits per heavy atom. The minimum Gasteiger partial charge on any atom is -0.290 e. The van der Waals surface area contributed by atoms with E-state index < -0.39 is 15.3 Å². The first-order chi connectivity index (χ1) is 5.04. The molecule has 1 saturated heterocycles. The number of hydrogen-bond acceptors (Lipinski definition) is 3. The van der Waals surface area contributed by atoms with Gasteiger partial charge in [-0.05, 0) is 0 Å². The van der Waals surface area contributed by atoms with E-state index in [0.29, 0.717) is 19.6 Å². The summed E-state index contributed by atoms with van der Waals surface area (Å²) in [7, 11) is -3.33. The molecule has 1 rings (SSSR count). The second kappa shape index (κ2) is 2.81. The van der Waals surface area contributed by atoms with Crippen LogP contribution in [0.4, 0.5) is 0 Å². The third-order valence-corrected chi connectivity index (χ3v) is 2.93. The molecule has 1 aliphatic heterocycles. The number of hydrogen-bond donors (Lipinski definition) is 1. The number of nitrogens with two attached hydrogens (primary N) is 1. The molecule has 0 aromatic heterocycles. The lowest BCUT2D eigenvalue weighted by Gasteiger charge is -2.35. The highest BCUT2D eigenvalue weighted by atomic mass is 32.2. The zero-order chi connectivity index (χ0) is 8.48. The maximum atomic E-state index is 10.7. The van der Waals surface area contributed by atoms with E-state index in [9.17, 15) is 8.42 Å². The van der Waals surface area contributed by atoms with Crippen LogP contribution >= 0.6 is 0 Å². The van der Waals surface area contributed by atoms with Gasteiger partial charge in [0.1, 0.15) is 5.25 Å². The van der Waals surface area contributed by atoms with E-state index >= 15 is 0 Å². The van der Waals surface area contributed by atoms with Crippen molar-refractivity contribution in [1.82, 2.24) is 4.90 Å². The van der Waals surface area contributed by atoms with Gasteiger partial charge in [0.2, 0.25) is 10.0 Å². The van der Waals surface area contributed by atoms with Crippen LogP contribution in [-0.4, -0.2) is 38.2 Å². The predicted molar refractivity (Wildman–Crippen MR) is 42.2 cm³/mol. The van der Waals surface area contributed by atoms with Crippen LogP contribution in [0, 0.1) is 12.3 Å². The molecule has 0 aliphatic carbocycles. The molecule has 1 aliphatic rings. The molecule has 62 valence electrons. The first-order valence-corrected chi connectivity index (χ1v) is 4.82.